The van der Waals surface area contributed by atoms with Crippen LogP contribution in [0.2, 0.25) is 0 Å². The zero-order valence-electron chi connectivity index (χ0n) is 16.5. The van der Waals surface area contributed by atoms with Crippen molar-refractivity contribution < 1.29 is 19.0 Å². The van der Waals surface area contributed by atoms with Gasteiger partial charge < -0.3 is 14.2 Å². The van der Waals surface area contributed by atoms with Gasteiger partial charge in [-0.3, -0.25) is 15.1 Å². The van der Waals surface area contributed by atoms with Crippen molar-refractivity contribution in [2.75, 3.05) is 25.1 Å². The Labute approximate surface area is 172 Å². The Morgan fingerprint density at radius 1 is 0.966 bits per heavy atom. The molecule has 9 heteroatoms. The third-order valence-corrected chi connectivity index (χ3v) is 4.63. The highest BCUT2D eigenvalue weighted by Gasteiger charge is 2.19. The maximum atomic E-state index is 12.8. The number of pyridine rings is 1. The third kappa shape index (κ3) is 5.00. The Morgan fingerprint density at radius 3 is 2.17 bits per heavy atom. The van der Waals surface area contributed by atoms with Gasteiger partial charge in [-0.05, 0) is 45.0 Å². The standard InChI is InChI=1S/C20H22N4O4S/c1-4-26-15-11-14(12-16(27-5-2)17(15)28-6-3)18(25)22-20-24-23-19(29-20)13-7-9-21-10-8-13/h7-12H,4-6H2,1-3H3,(H,22,24,25). The maximum absolute atomic E-state index is 12.8. The molecule has 8 nitrogen and oxygen atoms in total. The topological polar surface area (TPSA) is 95.5 Å². The number of carbonyl (C=O) groups excluding carboxylic acids is 1. The van der Waals surface area contributed by atoms with Crippen molar-refractivity contribution in [2.24, 2.45) is 0 Å². The summed E-state index contributed by atoms with van der Waals surface area (Å²) in [4.78, 5) is 16.8. The molecule has 0 saturated carbocycles. The Kier molecular flexibility index (Phi) is 6.96. The van der Waals surface area contributed by atoms with E-state index in [9.17, 15) is 4.79 Å². The zero-order valence-corrected chi connectivity index (χ0v) is 17.3. The van der Waals surface area contributed by atoms with E-state index >= 15 is 0 Å². The summed E-state index contributed by atoms with van der Waals surface area (Å²) < 4.78 is 17.0. The molecule has 0 radical (unpaired) electrons. The van der Waals surface area contributed by atoms with Crippen LogP contribution in [0.1, 0.15) is 31.1 Å². The molecule has 3 rings (SSSR count). The van der Waals surface area contributed by atoms with Gasteiger partial charge in [-0.2, -0.15) is 0 Å². The van der Waals surface area contributed by atoms with E-state index in [0.29, 0.717) is 52.8 Å². The maximum Gasteiger partial charge on any atom is 0.257 e. The highest BCUT2D eigenvalue weighted by molar-refractivity contribution is 7.18. The molecule has 0 saturated heterocycles. The lowest BCUT2D eigenvalue weighted by Gasteiger charge is -2.16. The van der Waals surface area contributed by atoms with Crippen LogP contribution < -0.4 is 19.5 Å². The van der Waals surface area contributed by atoms with Crippen molar-refractivity contribution >= 4 is 22.4 Å². The van der Waals surface area contributed by atoms with Gasteiger partial charge in [0.05, 0.1) is 19.8 Å². The van der Waals surface area contributed by atoms with E-state index in [1.165, 1.54) is 11.3 Å². The lowest BCUT2D eigenvalue weighted by Crippen LogP contribution is -2.13. The fraction of sp³-hybridized carbons (Fsp3) is 0.300. The predicted molar refractivity (Wildman–Crippen MR) is 111 cm³/mol. The van der Waals surface area contributed by atoms with E-state index in [-0.39, 0.29) is 5.91 Å². The number of hydrogen-bond donors (Lipinski definition) is 1. The first-order chi connectivity index (χ1) is 14.2. The average Bonchev–Trinajstić information content (AvgIpc) is 3.19. The van der Waals surface area contributed by atoms with E-state index in [0.717, 1.165) is 5.56 Å². The summed E-state index contributed by atoms with van der Waals surface area (Å²) in [5.41, 5.74) is 1.26. The fourth-order valence-corrected chi connectivity index (χ4v) is 3.32. The van der Waals surface area contributed by atoms with Crippen LogP contribution in [0.3, 0.4) is 0 Å². The summed E-state index contributed by atoms with van der Waals surface area (Å²) in [6, 6.07) is 6.94. The Bertz CT molecular complexity index is 935. The number of ether oxygens (including phenoxy) is 3. The first-order valence-corrected chi connectivity index (χ1v) is 10.1. The molecule has 3 aromatic rings. The molecule has 2 aromatic heterocycles. The van der Waals surface area contributed by atoms with Gasteiger partial charge >= 0.3 is 0 Å². The second kappa shape index (κ2) is 9.83. The molecule has 2 heterocycles. The number of rotatable bonds is 9. The summed E-state index contributed by atoms with van der Waals surface area (Å²) in [6.07, 6.45) is 3.36. The molecule has 29 heavy (non-hydrogen) atoms. The summed E-state index contributed by atoms with van der Waals surface area (Å²) in [5, 5.41) is 12.0. The van der Waals surface area contributed by atoms with E-state index in [1.54, 1.807) is 24.5 Å². The number of anilines is 1. The van der Waals surface area contributed by atoms with Gasteiger partial charge in [0.25, 0.3) is 5.91 Å². The second-order valence-electron chi connectivity index (χ2n) is 5.70. The number of nitrogens with one attached hydrogen (secondary N) is 1. The van der Waals surface area contributed by atoms with Crippen molar-refractivity contribution in [3.8, 4) is 27.8 Å². The third-order valence-electron chi connectivity index (χ3n) is 3.74. The molecule has 0 aliphatic heterocycles. The van der Waals surface area contributed by atoms with Gasteiger partial charge in [0, 0.05) is 23.5 Å². The molecule has 0 atom stereocenters. The van der Waals surface area contributed by atoms with Gasteiger partial charge in [-0.25, -0.2) is 0 Å². The molecule has 1 N–H and O–H groups in total. The van der Waals surface area contributed by atoms with Crippen molar-refractivity contribution in [2.45, 2.75) is 20.8 Å². The van der Waals surface area contributed by atoms with Crippen LogP contribution in [0.4, 0.5) is 5.13 Å². The number of aromatic nitrogens is 3. The monoisotopic (exact) mass is 414 g/mol. The molecule has 0 aliphatic rings. The van der Waals surface area contributed by atoms with Crippen LogP contribution in [0, 0.1) is 0 Å². The highest BCUT2D eigenvalue weighted by Crippen LogP contribution is 2.39. The predicted octanol–water partition coefficient (Wildman–Crippen LogP) is 4.05. The first-order valence-electron chi connectivity index (χ1n) is 9.27. The molecule has 0 fully saturated rings. The summed E-state index contributed by atoms with van der Waals surface area (Å²) in [7, 11) is 0. The van der Waals surface area contributed by atoms with E-state index < -0.39 is 0 Å². The van der Waals surface area contributed by atoms with Crippen molar-refractivity contribution in [1.82, 2.24) is 15.2 Å². The Balaban J connectivity index is 1.85. The van der Waals surface area contributed by atoms with Gasteiger partial charge in [0.15, 0.2) is 11.5 Å². The number of amides is 1. The van der Waals surface area contributed by atoms with Gasteiger partial charge in [0.1, 0.15) is 5.01 Å². The summed E-state index contributed by atoms with van der Waals surface area (Å²) in [5.74, 6) is 1.07. The van der Waals surface area contributed by atoms with Crippen LogP contribution in [-0.4, -0.2) is 40.9 Å². The Morgan fingerprint density at radius 2 is 1.59 bits per heavy atom. The minimum Gasteiger partial charge on any atom is -0.490 e. The highest BCUT2D eigenvalue weighted by atomic mass is 32.1. The van der Waals surface area contributed by atoms with Crippen LogP contribution >= 0.6 is 11.3 Å². The smallest absolute Gasteiger partial charge is 0.257 e. The molecule has 152 valence electrons. The fourth-order valence-electron chi connectivity index (χ4n) is 2.57. The van der Waals surface area contributed by atoms with Gasteiger partial charge in [-0.1, -0.05) is 11.3 Å². The largest absolute Gasteiger partial charge is 0.490 e. The molecule has 0 unspecified atom stereocenters. The van der Waals surface area contributed by atoms with E-state index in [4.69, 9.17) is 14.2 Å². The molecular formula is C20H22N4O4S. The van der Waals surface area contributed by atoms with Crippen molar-refractivity contribution in [3.05, 3.63) is 42.2 Å². The van der Waals surface area contributed by atoms with E-state index in [1.807, 2.05) is 32.9 Å². The molecule has 0 spiro atoms. The number of hydrogen-bond acceptors (Lipinski definition) is 8. The minimum atomic E-state index is -0.340. The number of benzene rings is 1. The zero-order chi connectivity index (χ0) is 20.6. The molecule has 1 amide bonds. The number of carbonyl (C=O) groups is 1. The first kappa shape index (κ1) is 20.5. The lowest BCUT2D eigenvalue weighted by molar-refractivity contribution is 0.102. The molecular weight excluding hydrogens is 392 g/mol. The van der Waals surface area contributed by atoms with Crippen LogP contribution in [-0.2, 0) is 0 Å². The van der Waals surface area contributed by atoms with Gasteiger partial charge in [0.2, 0.25) is 10.9 Å². The van der Waals surface area contributed by atoms with Crippen LogP contribution in [0.15, 0.2) is 36.7 Å². The van der Waals surface area contributed by atoms with Crippen molar-refractivity contribution in [1.29, 1.82) is 0 Å². The molecule has 1 aromatic carbocycles. The van der Waals surface area contributed by atoms with E-state index in [2.05, 4.69) is 20.5 Å². The SMILES string of the molecule is CCOc1cc(C(=O)Nc2nnc(-c3ccncc3)s2)cc(OCC)c1OCC. The number of nitrogens with zero attached hydrogens (tertiary/aromatic N) is 3. The Hall–Kier alpha value is -3.20. The quantitative estimate of drug-likeness (QED) is 0.564. The second-order valence-corrected chi connectivity index (χ2v) is 6.68. The lowest BCUT2D eigenvalue weighted by atomic mass is 10.1. The van der Waals surface area contributed by atoms with Crippen LogP contribution in [0.5, 0.6) is 17.2 Å². The normalized spacial score (nSPS) is 10.4. The molecule has 0 bridgehead atoms. The average molecular weight is 414 g/mol. The van der Waals surface area contributed by atoms with Gasteiger partial charge in [-0.15, -0.1) is 10.2 Å². The van der Waals surface area contributed by atoms with Crippen LogP contribution in [0.25, 0.3) is 10.6 Å². The summed E-state index contributed by atoms with van der Waals surface area (Å²) >= 11 is 1.28. The molecule has 0 aliphatic carbocycles. The van der Waals surface area contributed by atoms with Crippen molar-refractivity contribution in [3.63, 3.8) is 0 Å². The minimum absolute atomic E-state index is 0.340. The summed E-state index contributed by atoms with van der Waals surface area (Å²) in [6.45, 7) is 6.93.